The maximum absolute atomic E-state index is 2.45. The van der Waals surface area contributed by atoms with Crippen LogP contribution < -0.4 is 0 Å². The first kappa shape index (κ1) is 28.9. The Bertz CT molecular complexity index is 2620. The summed E-state index contributed by atoms with van der Waals surface area (Å²) in [5.74, 6) is 0.674. The van der Waals surface area contributed by atoms with E-state index < -0.39 is 0 Å². The van der Waals surface area contributed by atoms with Crippen LogP contribution in [0, 0.1) is 5.92 Å². The third kappa shape index (κ3) is 4.29. The molecule has 0 bridgehead atoms. The zero-order valence-electron chi connectivity index (χ0n) is 28.3. The molecule has 240 valence electrons. The molecule has 0 aliphatic heterocycles. The molecule has 3 nitrogen and oxygen atoms in total. The zero-order chi connectivity index (χ0) is 33.3. The number of benzene rings is 7. The zero-order valence-corrected chi connectivity index (χ0v) is 28.3. The van der Waals surface area contributed by atoms with E-state index in [4.69, 9.17) is 0 Å². The molecule has 50 heavy (non-hydrogen) atoms. The van der Waals surface area contributed by atoms with Crippen LogP contribution in [0.5, 0.6) is 0 Å². The van der Waals surface area contributed by atoms with Crippen molar-refractivity contribution in [3.8, 4) is 17.1 Å². The van der Waals surface area contributed by atoms with Crippen LogP contribution in [0.25, 0.3) is 82.5 Å². The monoisotopic (exact) mass is 643 g/mol. The first-order valence-electron chi connectivity index (χ1n) is 17.8. The molecule has 1 unspecified atom stereocenters. The van der Waals surface area contributed by atoms with Crippen molar-refractivity contribution >= 4 is 65.4 Å². The Morgan fingerprint density at radius 1 is 0.380 bits per heavy atom. The minimum Gasteiger partial charge on any atom is -0.309 e. The highest BCUT2D eigenvalue weighted by Crippen LogP contribution is 2.39. The quantitative estimate of drug-likeness (QED) is 0.171. The minimum atomic E-state index is 0.674. The van der Waals surface area contributed by atoms with E-state index in [1.165, 1.54) is 94.5 Å². The van der Waals surface area contributed by atoms with Gasteiger partial charge in [0.25, 0.3) is 0 Å². The van der Waals surface area contributed by atoms with E-state index >= 15 is 0 Å². The van der Waals surface area contributed by atoms with Crippen LogP contribution in [-0.2, 0) is 6.42 Å². The Hall–Kier alpha value is -6.06. The molecule has 0 aliphatic carbocycles. The maximum atomic E-state index is 2.45. The average Bonchev–Trinajstić information content (AvgIpc) is 3.80. The summed E-state index contributed by atoms with van der Waals surface area (Å²) >= 11 is 0. The molecule has 7 aromatic carbocycles. The normalized spacial score (nSPS) is 12.7. The lowest BCUT2D eigenvalue weighted by molar-refractivity contribution is 0.560. The number of nitrogens with zero attached hydrogens (tertiary/aromatic N) is 3. The largest absolute Gasteiger partial charge is 0.309 e. The molecule has 0 saturated heterocycles. The van der Waals surface area contributed by atoms with Crippen LogP contribution in [0.3, 0.4) is 0 Å². The number of para-hydroxylation sites is 4. The molecule has 3 aromatic heterocycles. The second kappa shape index (κ2) is 11.2. The highest BCUT2D eigenvalue weighted by atomic mass is 15.0. The van der Waals surface area contributed by atoms with Crippen molar-refractivity contribution in [2.75, 3.05) is 0 Å². The molecule has 1 atom stereocenters. The molecule has 3 heteroatoms. The maximum Gasteiger partial charge on any atom is 0.0542 e. The van der Waals surface area contributed by atoms with E-state index in [1.54, 1.807) is 0 Å². The van der Waals surface area contributed by atoms with Crippen LogP contribution in [0.15, 0.2) is 158 Å². The van der Waals surface area contributed by atoms with Gasteiger partial charge < -0.3 is 13.7 Å². The number of rotatable bonds is 6. The third-order valence-corrected chi connectivity index (χ3v) is 10.9. The lowest BCUT2D eigenvalue weighted by atomic mass is 9.99. The summed E-state index contributed by atoms with van der Waals surface area (Å²) in [5.41, 5.74) is 12.2. The van der Waals surface area contributed by atoms with Crippen LogP contribution in [0.1, 0.15) is 25.8 Å². The highest BCUT2D eigenvalue weighted by molar-refractivity contribution is 6.14. The molecule has 0 saturated carbocycles. The lowest BCUT2D eigenvalue weighted by Crippen LogP contribution is -1.99. The van der Waals surface area contributed by atoms with Crippen molar-refractivity contribution in [3.05, 3.63) is 163 Å². The van der Waals surface area contributed by atoms with Gasteiger partial charge in [0.2, 0.25) is 0 Å². The Morgan fingerprint density at radius 3 is 1.12 bits per heavy atom. The predicted molar refractivity (Wildman–Crippen MR) is 213 cm³/mol. The van der Waals surface area contributed by atoms with E-state index in [-0.39, 0.29) is 0 Å². The fourth-order valence-corrected chi connectivity index (χ4v) is 8.28. The topological polar surface area (TPSA) is 14.8 Å². The predicted octanol–water partition coefficient (Wildman–Crippen LogP) is 12.6. The van der Waals surface area contributed by atoms with Gasteiger partial charge >= 0.3 is 0 Å². The Balaban J connectivity index is 1.25. The third-order valence-electron chi connectivity index (χ3n) is 10.9. The number of fused-ring (bicyclic) bond motifs is 9. The Kier molecular flexibility index (Phi) is 6.50. The number of hydrogen-bond donors (Lipinski definition) is 0. The van der Waals surface area contributed by atoms with Gasteiger partial charge in [-0.3, -0.25) is 0 Å². The van der Waals surface area contributed by atoms with Crippen molar-refractivity contribution in [3.63, 3.8) is 0 Å². The summed E-state index contributed by atoms with van der Waals surface area (Å²) in [6.45, 7) is 4.61. The summed E-state index contributed by atoms with van der Waals surface area (Å²) in [6, 6.07) is 58.3. The SMILES string of the molecule is CCC(C)Cc1ccc(-n2c3ccc(-n4c5ccccc5c5ccccc54)cc3c3cc(-n4c5ccccc5c5ccccc54)ccc32)cc1. The molecule has 0 N–H and O–H groups in total. The van der Waals surface area contributed by atoms with Crippen LogP contribution in [0.2, 0.25) is 0 Å². The highest BCUT2D eigenvalue weighted by Gasteiger charge is 2.19. The summed E-state index contributed by atoms with van der Waals surface area (Å²) in [4.78, 5) is 0. The minimum absolute atomic E-state index is 0.674. The molecule has 10 rings (SSSR count). The van der Waals surface area contributed by atoms with Gasteiger partial charge in [0, 0.05) is 49.4 Å². The van der Waals surface area contributed by atoms with Gasteiger partial charge in [-0.05, 0) is 90.7 Å². The van der Waals surface area contributed by atoms with Gasteiger partial charge in [0.15, 0.2) is 0 Å². The first-order valence-corrected chi connectivity index (χ1v) is 17.8. The fourth-order valence-electron chi connectivity index (χ4n) is 8.28. The van der Waals surface area contributed by atoms with Crippen LogP contribution in [0.4, 0.5) is 0 Å². The van der Waals surface area contributed by atoms with Gasteiger partial charge in [-0.1, -0.05) is 105 Å². The molecule has 0 fully saturated rings. The molecule has 0 aliphatic rings. The van der Waals surface area contributed by atoms with Gasteiger partial charge in [-0.2, -0.15) is 0 Å². The second-order valence-electron chi connectivity index (χ2n) is 13.9. The van der Waals surface area contributed by atoms with Gasteiger partial charge in [-0.25, -0.2) is 0 Å². The fraction of sp³-hybridized carbons (Fsp3) is 0.106. The van der Waals surface area contributed by atoms with Crippen molar-refractivity contribution in [2.24, 2.45) is 5.92 Å². The summed E-state index contributed by atoms with van der Waals surface area (Å²) in [5, 5.41) is 7.58. The summed E-state index contributed by atoms with van der Waals surface area (Å²) in [7, 11) is 0. The number of hydrogen-bond acceptors (Lipinski definition) is 0. The standard InChI is InChI=1S/C47H37N3/c1-3-31(2)28-32-20-22-33(23-21-32)48-46-26-24-34(49-42-16-8-4-12-36(42)37-13-5-9-17-43(37)49)29-40(46)41-30-35(25-27-47(41)48)50-44-18-10-6-14-38(44)39-15-7-11-19-45(39)50/h4-27,29-31H,3,28H2,1-2H3. The molecule has 0 radical (unpaired) electrons. The summed E-state index contributed by atoms with van der Waals surface area (Å²) < 4.78 is 7.30. The van der Waals surface area contributed by atoms with Gasteiger partial charge in [0.1, 0.15) is 0 Å². The van der Waals surface area contributed by atoms with E-state index in [2.05, 4.69) is 185 Å². The molecule has 3 heterocycles. The van der Waals surface area contributed by atoms with E-state index in [0.29, 0.717) is 5.92 Å². The molecule has 0 spiro atoms. The Labute approximate surface area is 291 Å². The van der Waals surface area contributed by atoms with Crippen molar-refractivity contribution < 1.29 is 0 Å². The lowest BCUT2D eigenvalue weighted by Gasteiger charge is -2.12. The van der Waals surface area contributed by atoms with Crippen molar-refractivity contribution in [1.82, 2.24) is 13.7 Å². The second-order valence-corrected chi connectivity index (χ2v) is 13.9. The van der Waals surface area contributed by atoms with Crippen LogP contribution >= 0.6 is 0 Å². The van der Waals surface area contributed by atoms with Gasteiger partial charge in [0.05, 0.1) is 33.1 Å². The van der Waals surface area contributed by atoms with Crippen LogP contribution in [-0.4, -0.2) is 13.7 Å². The summed E-state index contributed by atoms with van der Waals surface area (Å²) in [6.07, 6.45) is 2.30. The average molecular weight is 644 g/mol. The first-order chi connectivity index (χ1) is 24.7. The number of aromatic nitrogens is 3. The Morgan fingerprint density at radius 2 is 0.720 bits per heavy atom. The smallest absolute Gasteiger partial charge is 0.0542 e. The molecular formula is C47H37N3. The van der Waals surface area contributed by atoms with Crippen molar-refractivity contribution in [1.29, 1.82) is 0 Å². The van der Waals surface area contributed by atoms with Gasteiger partial charge in [-0.15, -0.1) is 0 Å². The molecule has 0 amide bonds. The molecular weight excluding hydrogens is 607 g/mol. The van der Waals surface area contributed by atoms with E-state index in [9.17, 15) is 0 Å². The molecule has 10 aromatic rings. The van der Waals surface area contributed by atoms with E-state index in [0.717, 1.165) is 6.42 Å². The van der Waals surface area contributed by atoms with Crippen molar-refractivity contribution in [2.45, 2.75) is 26.7 Å². The van der Waals surface area contributed by atoms with E-state index in [1.807, 2.05) is 0 Å².